The summed E-state index contributed by atoms with van der Waals surface area (Å²) >= 11 is 1.39. The number of amidine groups is 2. The third kappa shape index (κ3) is 13.9. The number of aromatic nitrogens is 4. The number of anilines is 1. The van der Waals surface area contributed by atoms with Gasteiger partial charge in [-0.2, -0.15) is 5.10 Å². The van der Waals surface area contributed by atoms with Crippen LogP contribution in [0.5, 0.6) is 0 Å². The number of nitrogens with two attached hydrogens (primary N) is 2. The molecule has 4 bridgehead atoms. The van der Waals surface area contributed by atoms with Crippen LogP contribution in [0.3, 0.4) is 0 Å². The Morgan fingerprint density at radius 3 is 2.42 bits per heavy atom. The first kappa shape index (κ1) is 64.4. The predicted molar refractivity (Wildman–Crippen MR) is 347 cm³/mol. The van der Waals surface area contributed by atoms with Crippen molar-refractivity contribution in [3.05, 3.63) is 95.0 Å². The molecule has 6 aliphatic rings. The monoisotopic (exact) mass is 1230 g/mol. The number of carboxylic acids is 1. The quantitative estimate of drug-likeness (QED) is 0.00942. The molecule has 21 heteroatoms. The van der Waals surface area contributed by atoms with Crippen LogP contribution in [-0.2, 0) is 20.9 Å². The molecule has 0 radical (unpaired) electrons. The van der Waals surface area contributed by atoms with Gasteiger partial charge in [-0.1, -0.05) is 80.8 Å². The average Bonchev–Trinajstić information content (AvgIpc) is 1.51. The number of rotatable bonds is 30. The van der Waals surface area contributed by atoms with Gasteiger partial charge in [0.2, 0.25) is 28.5 Å². The fourth-order valence-corrected chi connectivity index (χ4v) is 16.3. The van der Waals surface area contributed by atoms with Crippen molar-refractivity contribution in [2.45, 2.75) is 174 Å². The Hall–Kier alpha value is -7.54. The molecular weight excluding hydrogens is 1140 g/mol. The van der Waals surface area contributed by atoms with Crippen LogP contribution in [0.15, 0.2) is 65.3 Å². The van der Waals surface area contributed by atoms with Gasteiger partial charge in [0.15, 0.2) is 0 Å². The van der Waals surface area contributed by atoms with Crippen molar-refractivity contribution < 1.29 is 38.4 Å². The number of carboxylic acid groups (broad SMARTS) is 1. The van der Waals surface area contributed by atoms with Gasteiger partial charge < -0.3 is 41.7 Å². The standard InChI is InChI=1S/C68H89N13O7S/c1-44(59(70)76-64-74-50-23-16-17-25-53(50)89-64)36-54(69)79(55-30-28-47(58(75-55)63(86)87)49-37-72-80(46(49)3)43-67-39-65(4)38-66(5,41-67)68(40-65,42-67)88-35-34-77(6)7)33-20-19-32-78(8)56(82)26-15-13-11-9-10-12-14-18-31-71-51-24-21-22-48-57(51)62(85)81(61(48)84)52-29-27-45(2)73-60(52)83/h17,21-22,24-25,28,30,36-37,45,52,69H,9-15,18-20,26-27,29,31-35,38-43H2,1-8H3,(H5,70,71,73,74,76,83,85,86,87)/p+1/b44-36-. The first-order chi connectivity index (χ1) is 42.5. The molecule has 4 saturated carbocycles. The Labute approximate surface area is 527 Å². The Bertz CT molecular complexity index is 3560. The SMILES string of the molecule is CC(=C/C(N)=[N+](CCCCN(C)C(=O)CCCCCCCCCCNc1cccc2c1C(=O)N(C1CCC(C)NC1=O)C2=O)c1ccc(-c2cnn(CC34CC5(C)CC(C)(C3)C(OCCN(C)C)(C5)C4)c2C)c(C(=O)O)n1)/C(N)=N/c1nc2c#cccc2s1. The number of piperidine rings is 1. The number of carbonyl (C=O) groups is 5. The number of unbranched alkanes of at least 4 members (excludes halogenated alkanes) is 8. The molecule has 474 valence electrons. The third-order valence-corrected chi connectivity index (χ3v) is 20.4. The van der Waals surface area contributed by atoms with E-state index in [1.165, 1.54) is 11.3 Å². The highest BCUT2D eigenvalue weighted by atomic mass is 32.1. The summed E-state index contributed by atoms with van der Waals surface area (Å²) in [5.74, 6) is -1.32. The van der Waals surface area contributed by atoms with E-state index < -0.39 is 23.8 Å². The van der Waals surface area contributed by atoms with Gasteiger partial charge >= 0.3 is 5.97 Å². The zero-order chi connectivity index (χ0) is 63.4. The van der Waals surface area contributed by atoms with Crippen LogP contribution in [0, 0.1) is 35.3 Å². The van der Waals surface area contributed by atoms with Crippen molar-refractivity contribution in [2.24, 2.45) is 32.7 Å². The first-order valence-electron chi connectivity index (χ1n) is 32.0. The van der Waals surface area contributed by atoms with Crippen LogP contribution in [0.1, 0.15) is 180 Å². The van der Waals surface area contributed by atoms with Gasteiger partial charge in [0.1, 0.15) is 17.4 Å². The number of ether oxygens (including phenoxy) is 1. The second-order valence-electron chi connectivity index (χ2n) is 27.0. The van der Waals surface area contributed by atoms with E-state index in [1.54, 1.807) is 46.0 Å². The second kappa shape index (κ2) is 26.9. The van der Waals surface area contributed by atoms with E-state index in [2.05, 4.69) is 70.3 Å². The van der Waals surface area contributed by atoms with Gasteiger partial charge in [-0.25, -0.2) is 19.3 Å². The Balaban J connectivity index is 0.720. The molecule has 20 nitrogen and oxygen atoms in total. The number of hydrogen-bond donors (Lipinski definition) is 5. The summed E-state index contributed by atoms with van der Waals surface area (Å²) in [5, 5.41) is 22.5. The van der Waals surface area contributed by atoms with Gasteiger partial charge in [-0.3, -0.25) is 28.8 Å². The summed E-state index contributed by atoms with van der Waals surface area (Å²) in [6.45, 7) is 14.5. The second-order valence-corrected chi connectivity index (χ2v) is 28.0. The number of aromatic carboxylic acids is 1. The van der Waals surface area contributed by atoms with E-state index in [0.29, 0.717) is 114 Å². The number of fused-ring (bicyclic) bond motifs is 2. The number of carbonyl (C=O) groups excluding carboxylic acids is 4. The molecule has 3 aromatic heterocycles. The number of nitrogens with one attached hydrogen (secondary N) is 2. The lowest BCUT2D eigenvalue weighted by Crippen LogP contribution is -2.55. The van der Waals surface area contributed by atoms with Crippen molar-refractivity contribution in [3.63, 3.8) is 0 Å². The van der Waals surface area contributed by atoms with Gasteiger partial charge in [-0.15, -0.1) is 0 Å². The van der Waals surface area contributed by atoms with Crippen LogP contribution in [-0.4, -0.2) is 157 Å². The van der Waals surface area contributed by atoms with Crippen molar-refractivity contribution in [2.75, 3.05) is 59.2 Å². The number of benzene rings is 1. The summed E-state index contributed by atoms with van der Waals surface area (Å²) in [7, 11) is 6.01. The number of amides is 4. The molecule has 6 atom stereocenters. The maximum atomic E-state index is 13.5. The van der Waals surface area contributed by atoms with E-state index in [1.807, 2.05) is 46.0 Å². The normalized spacial score (nSPS) is 24.2. The molecule has 4 amide bonds. The van der Waals surface area contributed by atoms with Crippen molar-refractivity contribution in [1.82, 2.24) is 39.8 Å². The van der Waals surface area contributed by atoms with Gasteiger partial charge in [0, 0.05) is 80.3 Å². The molecule has 4 aliphatic carbocycles. The van der Waals surface area contributed by atoms with Gasteiger partial charge in [0.25, 0.3) is 17.6 Å². The predicted octanol–water partition coefficient (Wildman–Crippen LogP) is 10.2. The summed E-state index contributed by atoms with van der Waals surface area (Å²) in [6, 6.07) is 17.7. The molecule has 6 unspecified atom stereocenters. The van der Waals surface area contributed by atoms with Crippen LogP contribution in [0.4, 0.5) is 16.6 Å². The largest absolute Gasteiger partial charge is 0.475 e. The number of thiazole rings is 1. The molecule has 5 heterocycles. The third-order valence-electron chi connectivity index (χ3n) is 19.5. The highest BCUT2D eigenvalue weighted by Gasteiger charge is 2.74. The van der Waals surface area contributed by atoms with E-state index in [9.17, 15) is 29.1 Å². The highest BCUT2D eigenvalue weighted by molar-refractivity contribution is 7.22. The van der Waals surface area contributed by atoms with Crippen LogP contribution in [0.25, 0.3) is 21.3 Å². The molecule has 5 fully saturated rings. The Morgan fingerprint density at radius 1 is 0.910 bits per heavy atom. The van der Waals surface area contributed by atoms with Gasteiger partial charge in [0.05, 0.1) is 40.8 Å². The van der Waals surface area contributed by atoms with E-state index in [0.717, 1.165) is 112 Å². The van der Waals surface area contributed by atoms with Crippen LogP contribution in [0.2, 0.25) is 0 Å². The van der Waals surface area contributed by atoms with E-state index >= 15 is 0 Å². The molecule has 2 aromatic carbocycles. The number of aliphatic imine (C=N–C) groups is 1. The van der Waals surface area contributed by atoms with Crippen molar-refractivity contribution >= 4 is 79.5 Å². The number of imide groups is 1. The number of likely N-dealkylation sites (N-methyl/N-ethyl adjacent to an activating group) is 1. The fraction of sp³-hybridized carbons (Fsp3) is 0.559. The molecule has 0 spiro atoms. The van der Waals surface area contributed by atoms with E-state index in [4.69, 9.17) is 26.3 Å². The summed E-state index contributed by atoms with van der Waals surface area (Å²) in [4.78, 5) is 85.2. The minimum absolute atomic E-state index is 0.0144. The minimum Gasteiger partial charge on any atom is -0.475 e. The average molecular weight is 1230 g/mol. The molecule has 5 aromatic rings. The molecule has 2 aliphatic heterocycles. The topological polar surface area (TPSA) is 260 Å². The Kier molecular flexibility index (Phi) is 19.5. The zero-order valence-electron chi connectivity index (χ0n) is 53.3. The smallest absolute Gasteiger partial charge is 0.372 e. The lowest BCUT2D eigenvalue weighted by atomic mass is 9.60. The lowest BCUT2D eigenvalue weighted by molar-refractivity contribution is -0.445. The zero-order valence-corrected chi connectivity index (χ0v) is 54.1. The highest BCUT2D eigenvalue weighted by Crippen LogP contribution is 2.77. The summed E-state index contributed by atoms with van der Waals surface area (Å²) < 4.78 is 11.7. The maximum absolute atomic E-state index is 13.5. The molecule has 11 rings (SSSR count). The number of hydrogen-bond acceptors (Lipinski definition) is 13. The van der Waals surface area contributed by atoms with Crippen molar-refractivity contribution in [3.8, 4) is 11.1 Å². The molecule has 1 saturated heterocycles. The molecule has 89 heavy (non-hydrogen) atoms. The van der Waals surface area contributed by atoms with E-state index in [-0.39, 0.29) is 51.2 Å². The number of nitrogens with zero attached hydrogens (tertiary/aromatic N) is 9. The fourth-order valence-electron chi connectivity index (χ4n) is 15.5. The lowest BCUT2D eigenvalue weighted by Gasteiger charge is -2.46. The van der Waals surface area contributed by atoms with Crippen LogP contribution < -0.4 is 22.1 Å². The first-order valence-corrected chi connectivity index (χ1v) is 32.8. The molecule has 7 N–H and O–H groups in total. The van der Waals surface area contributed by atoms with Crippen molar-refractivity contribution in [1.29, 1.82) is 0 Å². The summed E-state index contributed by atoms with van der Waals surface area (Å²) in [5.41, 5.74) is 18.2. The maximum Gasteiger partial charge on any atom is 0.372 e. The van der Waals surface area contributed by atoms with Crippen LogP contribution >= 0.6 is 11.3 Å². The number of pyridine rings is 1. The van der Waals surface area contributed by atoms with Gasteiger partial charge in [-0.05, 0) is 164 Å². The molecular formula is C68H90N13O7S+. The Morgan fingerprint density at radius 2 is 1.67 bits per heavy atom. The minimum atomic E-state index is -1.17. The summed E-state index contributed by atoms with van der Waals surface area (Å²) in [6.07, 6.45) is 19.8.